The van der Waals surface area contributed by atoms with Gasteiger partial charge in [-0.3, -0.25) is 9.69 Å². The highest BCUT2D eigenvalue weighted by atomic mass is 79.9. The lowest BCUT2D eigenvalue weighted by Gasteiger charge is -2.13. The molecule has 1 N–H and O–H groups in total. The number of urea groups is 1. The van der Waals surface area contributed by atoms with Crippen molar-refractivity contribution in [3.8, 4) is 11.5 Å². The van der Waals surface area contributed by atoms with Crippen LogP contribution in [0.1, 0.15) is 22.3 Å². The Bertz CT molecular complexity index is 1270. The van der Waals surface area contributed by atoms with Gasteiger partial charge in [-0.05, 0) is 42.3 Å². The summed E-state index contributed by atoms with van der Waals surface area (Å²) in [6.45, 7) is 2.18. The zero-order valence-electron chi connectivity index (χ0n) is 18.6. The molecule has 0 atom stereocenters. The molecule has 0 aromatic heterocycles. The molecule has 0 bridgehead atoms. The molecule has 1 heterocycles. The Kier molecular flexibility index (Phi) is 6.98. The van der Waals surface area contributed by atoms with Gasteiger partial charge in [0, 0.05) is 10.0 Å². The molecule has 34 heavy (non-hydrogen) atoms. The maximum Gasteiger partial charge on any atom is 0.329 e. The number of nitrogens with one attached hydrogen (secondary N) is 1. The van der Waals surface area contributed by atoms with Crippen molar-refractivity contribution < 1.29 is 23.5 Å². The van der Waals surface area contributed by atoms with Gasteiger partial charge in [-0.25, -0.2) is 9.18 Å². The van der Waals surface area contributed by atoms with E-state index in [1.54, 1.807) is 36.4 Å². The van der Waals surface area contributed by atoms with Gasteiger partial charge >= 0.3 is 6.03 Å². The summed E-state index contributed by atoms with van der Waals surface area (Å²) in [4.78, 5) is 26.5. The number of hydrogen-bond donors (Lipinski definition) is 1. The van der Waals surface area contributed by atoms with Crippen LogP contribution in [0.5, 0.6) is 11.5 Å². The van der Waals surface area contributed by atoms with Gasteiger partial charge in [-0.15, -0.1) is 0 Å². The van der Waals surface area contributed by atoms with E-state index in [2.05, 4.69) is 21.2 Å². The van der Waals surface area contributed by atoms with Crippen molar-refractivity contribution in [2.45, 2.75) is 20.1 Å². The van der Waals surface area contributed by atoms with Gasteiger partial charge in [0.05, 0.1) is 13.7 Å². The standard InChI is InChI=1S/C26H22BrFN2O4/c1-16-7-9-17(10-8-16)14-30-25(31)22(29-26(30)32)11-19-12-23(33-2)24(13-20(19)27)34-15-18-5-3-4-6-21(18)28/h3-13H,14-15H2,1-2H3,(H,29,32)/b22-11+. The van der Waals surface area contributed by atoms with Crippen molar-refractivity contribution in [2.24, 2.45) is 0 Å². The van der Waals surface area contributed by atoms with Crippen molar-refractivity contribution in [2.75, 3.05) is 7.11 Å². The Balaban J connectivity index is 1.54. The molecule has 3 aromatic rings. The third-order valence-corrected chi connectivity index (χ3v) is 6.03. The van der Waals surface area contributed by atoms with E-state index < -0.39 is 11.9 Å². The average molecular weight is 525 g/mol. The summed E-state index contributed by atoms with van der Waals surface area (Å²) in [6.07, 6.45) is 1.57. The van der Waals surface area contributed by atoms with Crippen LogP contribution in [0, 0.1) is 12.7 Å². The largest absolute Gasteiger partial charge is 0.493 e. The number of hydrogen-bond acceptors (Lipinski definition) is 4. The zero-order valence-corrected chi connectivity index (χ0v) is 20.2. The van der Waals surface area contributed by atoms with E-state index in [4.69, 9.17) is 9.47 Å². The topological polar surface area (TPSA) is 67.9 Å². The Hall–Kier alpha value is -3.65. The molecular formula is C26H22BrFN2O4. The lowest BCUT2D eigenvalue weighted by atomic mass is 10.1. The number of methoxy groups -OCH3 is 1. The fourth-order valence-electron chi connectivity index (χ4n) is 3.45. The predicted octanol–water partition coefficient (Wildman–Crippen LogP) is 5.58. The number of carbonyl (C=O) groups excluding carboxylic acids is 2. The van der Waals surface area contributed by atoms with Gasteiger partial charge in [0.2, 0.25) is 0 Å². The van der Waals surface area contributed by atoms with Gasteiger partial charge in [0.25, 0.3) is 5.91 Å². The lowest BCUT2D eigenvalue weighted by Crippen LogP contribution is -2.30. The fourth-order valence-corrected chi connectivity index (χ4v) is 3.89. The van der Waals surface area contributed by atoms with E-state index >= 15 is 0 Å². The third-order valence-electron chi connectivity index (χ3n) is 5.35. The van der Waals surface area contributed by atoms with E-state index in [-0.39, 0.29) is 24.7 Å². The Morgan fingerprint density at radius 2 is 1.79 bits per heavy atom. The predicted molar refractivity (Wildman–Crippen MR) is 130 cm³/mol. The Labute approximate surface area is 205 Å². The van der Waals surface area contributed by atoms with E-state index in [0.717, 1.165) is 16.0 Å². The van der Waals surface area contributed by atoms with Crippen LogP contribution in [0.2, 0.25) is 0 Å². The molecule has 0 spiro atoms. The molecule has 0 unspecified atom stereocenters. The van der Waals surface area contributed by atoms with Crippen LogP contribution >= 0.6 is 15.9 Å². The molecule has 1 saturated heterocycles. The van der Waals surface area contributed by atoms with Crippen LogP contribution in [0.25, 0.3) is 6.08 Å². The van der Waals surface area contributed by atoms with Gasteiger partial charge in [0.15, 0.2) is 11.5 Å². The minimum Gasteiger partial charge on any atom is -0.493 e. The molecule has 3 amide bonds. The lowest BCUT2D eigenvalue weighted by molar-refractivity contribution is -0.123. The third kappa shape index (κ3) is 5.12. The SMILES string of the molecule is COc1cc(/C=C2/NC(=O)N(Cc3ccc(C)cc3)C2=O)c(Br)cc1OCc1ccccc1F. The summed E-state index contributed by atoms with van der Waals surface area (Å²) in [7, 11) is 1.49. The number of halogens is 2. The van der Waals surface area contributed by atoms with Crippen LogP contribution < -0.4 is 14.8 Å². The van der Waals surface area contributed by atoms with Gasteiger partial charge in [-0.2, -0.15) is 0 Å². The number of benzene rings is 3. The first kappa shape index (κ1) is 23.5. The number of amides is 3. The fraction of sp³-hybridized carbons (Fsp3) is 0.154. The van der Waals surface area contributed by atoms with E-state index in [0.29, 0.717) is 27.1 Å². The first-order valence-electron chi connectivity index (χ1n) is 10.5. The number of ether oxygens (including phenoxy) is 2. The molecule has 0 saturated carbocycles. The summed E-state index contributed by atoms with van der Waals surface area (Å²) < 4.78 is 25.7. The van der Waals surface area contributed by atoms with Crippen LogP contribution in [0.4, 0.5) is 9.18 Å². The molecule has 1 fully saturated rings. The highest BCUT2D eigenvalue weighted by Gasteiger charge is 2.33. The molecule has 1 aliphatic heterocycles. The Morgan fingerprint density at radius 1 is 1.06 bits per heavy atom. The van der Waals surface area contributed by atoms with Crippen molar-refractivity contribution in [1.29, 1.82) is 0 Å². The Morgan fingerprint density at radius 3 is 2.50 bits per heavy atom. The molecular weight excluding hydrogens is 503 g/mol. The first-order valence-corrected chi connectivity index (χ1v) is 11.3. The van der Waals surface area contributed by atoms with Crippen LogP contribution in [-0.2, 0) is 17.9 Å². The van der Waals surface area contributed by atoms with Gasteiger partial charge in [-0.1, -0.05) is 64.0 Å². The summed E-state index contributed by atoms with van der Waals surface area (Å²) in [5, 5.41) is 2.63. The maximum absolute atomic E-state index is 13.9. The molecule has 3 aromatic carbocycles. The molecule has 1 aliphatic rings. The second-order valence-electron chi connectivity index (χ2n) is 7.77. The highest BCUT2D eigenvalue weighted by Crippen LogP contribution is 2.35. The van der Waals surface area contributed by atoms with E-state index in [1.807, 2.05) is 31.2 Å². The van der Waals surface area contributed by atoms with Gasteiger partial charge < -0.3 is 14.8 Å². The zero-order chi connectivity index (χ0) is 24.2. The second kappa shape index (κ2) is 10.1. The van der Waals surface area contributed by atoms with Gasteiger partial charge in [0.1, 0.15) is 18.1 Å². The van der Waals surface area contributed by atoms with E-state index in [1.165, 1.54) is 13.2 Å². The first-order chi connectivity index (χ1) is 16.4. The average Bonchev–Trinajstić information content (AvgIpc) is 3.08. The summed E-state index contributed by atoms with van der Waals surface area (Å²) in [5.41, 5.74) is 3.13. The molecule has 4 rings (SSSR count). The number of rotatable bonds is 7. The number of nitrogens with zero attached hydrogens (tertiary/aromatic N) is 1. The number of carbonyl (C=O) groups is 2. The van der Waals surface area contributed by atoms with E-state index in [9.17, 15) is 14.0 Å². The summed E-state index contributed by atoms with van der Waals surface area (Å²) in [5.74, 6) is 0.0334. The van der Waals surface area contributed by atoms with Crippen molar-refractivity contribution in [3.63, 3.8) is 0 Å². The monoisotopic (exact) mass is 524 g/mol. The molecule has 0 radical (unpaired) electrons. The molecule has 174 valence electrons. The normalized spacial score (nSPS) is 14.5. The van der Waals surface area contributed by atoms with Crippen LogP contribution in [0.15, 0.2) is 70.8 Å². The maximum atomic E-state index is 13.9. The van der Waals surface area contributed by atoms with Crippen molar-refractivity contribution in [3.05, 3.63) is 98.9 Å². The minimum absolute atomic E-state index is 0.0262. The smallest absolute Gasteiger partial charge is 0.329 e. The summed E-state index contributed by atoms with van der Waals surface area (Å²) in [6, 6.07) is 16.9. The van der Waals surface area contributed by atoms with Crippen LogP contribution in [0.3, 0.4) is 0 Å². The summed E-state index contributed by atoms with van der Waals surface area (Å²) >= 11 is 3.48. The number of aryl methyl sites for hydroxylation is 1. The molecule has 6 nitrogen and oxygen atoms in total. The number of imide groups is 1. The quantitative estimate of drug-likeness (QED) is 0.323. The second-order valence-corrected chi connectivity index (χ2v) is 8.62. The minimum atomic E-state index is -0.482. The van der Waals surface area contributed by atoms with Crippen molar-refractivity contribution in [1.82, 2.24) is 10.2 Å². The van der Waals surface area contributed by atoms with Crippen LogP contribution in [-0.4, -0.2) is 23.9 Å². The van der Waals surface area contributed by atoms with Crippen molar-refractivity contribution >= 4 is 33.9 Å². The molecule has 8 heteroatoms. The highest BCUT2D eigenvalue weighted by molar-refractivity contribution is 9.10. The molecule has 0 aliphatic carbocycles.